The summed E-state index contributed by atoms with van der Waals surface area (Å²) in [7, 11) is 0. The summed E-state index contributed by atoms with van der Waals surface area (Å²) in [6.45, 7) is 0.765. The third-order valence-electron chi connectivity index (χ3n) is 5.01. The fraction of sp³-hybridized carbons (Fsp3) is 0.294. The van der Waals surface area contributed by atoms with Gasteiger partial charge in [0.05, 0.1) is 4.47 Å². The first kappa shape index (κ1) is 16.0. The van der Waals surface area contributed by atoms with E-state index < -0.39 is 5.66 Å². The second-order valence-electron chi connectivity index (χ2n) is 6.37. The van der Waals surface area contributed by atoms with E-state index >= 15 is 0 Å². The van der Waals surface area contributed by atoms with Crippen LogP contribution in [0.25, 0.3) is 0 Å². The van der Waals surface area contributed by atoms with Crippen LogP contribution in [-0.4, -0.2) is 32.7 Å². The maximum atomic E-state index is 13.0. The van der Waals surface area contributed by atoms with Crippen molar-refractivity contribution in [3.05, 3.63) is 51.2 Å². The summed E-state index contributed by atoms with van der Waals surface area (Å²) < 4.78 is 3.76. The number of hydrogen-bond acceptors (Lipinski definition) is 4. The second-order valence-corrected chi connectivity index (χ2v) is 9.04. The minimum absolute atomic E-state index is 0.0637. The van der Waals surface area contributed by atoms with Gasteiger partial charge in [-0.3, -0.25) is 4.79 Å². The highest BCUT2D eigenvalue weighted by atomic mass is 79.9. The number of hydrogen-bond donors (Lipinski definition) is 1. The first-order valence-electron chi connectivity index (χ1n) is 8.07. The number of aromatic nitrogens is 1. The molecular weight excluding hydrogens is 468 g/mol. The van der Waals surface area contributed by atoms with E-state index in [9.17, 15) is 4.79 Å². The summed E-state index contributed by atoms with van der Waals surface area (Å²) in [4.78, 5) is 21.1. The minimum atomic E-state index is -0.456. The molecular formula is C17H14Br2N4OS. The van der Waals surface area contributed by atoms with Crippen molar-refractivity contribution in [2.45, 2.75) is 29.6 Å². The van der Waals surface area contributed by atoms with Gasteiger partial charge in [0.1, 0.15) is 10.3 Å². The number of fused-ring (bicyclic) bond motifs is 2. The Morgan fingerprint density at radius 1 is 1.28 bits per heavy atom. The summed E-state index contributed by atoms with van der Waals surface area (Å²) in [6, 6.07) is 12.1. The molecule has 1 N–H and O–H groups in total. The molecule has 1 spiro atoms. The predicted molar refractivity (Wildman–Crippen MR) is 105 cm³/mol. The molecule has 0 bridgehead atoms. The number of amidine groups is 1. The van der Waals surface area contributed by atoms with Crippen molar-refractivity contribution in [2.75, 3.05) is 6.54 Å². The lowest BCUT2D eigenvalue weighted by atomic mass is 10.0. The molecule has 2 aromatic rings. The average molecular weight is 482 g/mol. The van der Waals surface area contributed by atoms with Crippen LogP contribution in [0.5, 0.6) is 0 Å². The number of carbonyl (C=O) groups is 1. The molecule has 2 atom stereocenters. The Labute approximate surface area is 166 Å². The molecule has 0 unspecified atom stereocenters. The number of benzene rings is 1. The molecule has 4 heterocycles. The van der Waals surface area contributed by atoms with Crippen LogP contribution in [0.15, 0.2) is 55.4 Å². The van der Waals surface area contributed by atoms with E-state index in [1.165, 1.54) is 0 Å². The number of carbonyl (C=O) groups excluding carboxylic acids is 1. The normalized spacial score (nSPS) is 26.8. The van der Waals surface area contributed by atoms with E-state index in [-0.39, 0.29) is 12.1 Å². The molecule has 3 aliphatic rings. The van der Waals surface area contributed by atoms with Crippen LogP contribution in [0.2, 0.25) is 0 Å². The molecule has 0 radical (unpaired) electrons. The monoisotopic (exact) mass is 480 g/mol. The SMILES string of the molecule is O=C1c2cc(Br)c(Br)n2[C@@H]2N=C(Sc3ccccc3)N[C@]23CCCN13. The Bertz CT molecular complexity index is 913. The van der Waals surface area contributed by atoms with Gasteiger partial charge in [-0.2, -0.15) is 0 Å². The Morgan fingerprint density at radius 3 is 2.88 bits per heavy atom. The van der Waals surface area contributed by atoms with Crippen LogP contribution in [-0.2, 0) is 0 Å². The van der Waals surface area contributed by atoms with Crippen LogP contribution < -0.4 is 5.32 Å². The van der Waals surface area contributed by atoms with Crippen molar-refractivity contribution in [2.24, 2.45) is 4.99 Å². The van der Waals surface area contributed by atoms with Crippen LogP contribution >= 0.6 is 43.6 Å². The molecule has 8 heteroatoms. The van der Waals surface area contributed by atoms with Gasteiger partial charge in [-0.15, -0.1) is 0 Å². The second kappa shape index (κ2) is 5.62. The largest absolute Gasteiger partial charge is 0.338 e. The Kier molecular flexibility index (Phi) is 3.59. The summed E-state index contributed by atoms with van der Waals surface area (Å²) >= 11 is 8.77. The van der Waals surface area contributed by atoms with Crippen LogP contribution in [0.4, 0.5) is 0 Å². The molecule has 1 fully saturated rings. The first-order valence-corrected chi connectivity index (χ1v) is 10.5. The molecule has 0 aliphatic carbocycles. The fourth-order valence-corrected chi connectivity index (χ4v) is 5.76. The van der Waals surface area contributed by atoms with Gasteiger partial charge < -0.3 is 14.8 Å². The summed E-state index contributed by atoms with van der Waals surface area (Å²) in [5, 5.41) is 4.45. The van der Waals surface area contributed by atoms with Crippen molar-refractivity contribution < 1.29 is 4.79 Å². The predicted octanol–water partition coefficient (Wildman–Crippen LogP) is 4.21. The topological polar surface area (TPSA) is 49.6 Å². The summed E-state index contributed by atoms with van der Waals surface area (Å²) in [5.74, 6) is 0.0637. The van der Waals surface area contributed by atoms with E-state index in [0.717, 1.165) is 38.5 Å². The van der Waals surface area contributed by atoms with Gasteiger partial charge in [0.15, 0.2) is 17.0 Å². The van der Waals surface area contributed by atoms with Crippen LogP contribution in [0, 0.1) is 0 Å². The molecule has 3 aliphatic heterocycles. The zero-order chi connectivity index (χ0) is 17.2. The van der Waals surface area contributed by atoms with Gasteiger partial charge in [0.25, 0.3) is 5.91 Å². The number of amides is 1. The van der Waals surface area contributed by atoms with Crippen LogP contribution in [0.3, 0.4) is 0 Å². The zero-order valence-electron chi connectivity index (χ0n) is 13.1. The van der Waals surface area contributed by atoms with Crippen molar-refractivity contribution in [1.82, 2.24) is 14.8 Å². The Hall–Kier alpha value is -1.25. The lowest BCUT2D eigenvalue weighted by Crippen LogP contribution is -2.62. The highest BCUT2D eigenvalue weighted by molar-refractivity contribution is 9.13. The lowest BCUT2D eigenvalue weighted by Gasteiger charge is -2.44. The molecule has 5 rings (SSSR count). The van der Waals surface area contributed by atoms with E-state index in [0.29, 0.717) is 5.69 Å². The van der Waals surface area contributed by atoms with Gasteiger partial charge in [-0.25, -0.2) is 4.99 Å². The van der Waals surface area contributed by atoms with E-state index in [4.69, 9.17) is 4.99 Å². The van der Waals surface area contributed by atoms with Crippen molar-refractivity contribution in [3.63, 3.8) is 0 Å². The van der Waals surface area contributed by atoms with Crippen molar-refractivity contribution in [3.8, 4) is 0 Å². The van der Waals surface area contributed by atoms with Crippen LogP contribution in [0.1, 0.15) is 29.5 Å². The molecule has 1 amide bonds. The van der Waals surface area contributed by atoms with Crippen molar-refractivity contribution >= 4 is 54.7 Å². The number of aliphatic imine (C=N–C) groups is 1. The molecule has 0 saturated carbocycles. The lowest BCUT2D eigenvalue weighted by molar-refractivity contribution is 0.0324. The molecule has 128 valence electrons. The number of nitrogens with one attached hydrogen (secondary N) is 1. The molecule has 25 heavy (non-hydrogen) atoms. The summed E-state index contributed by atoms with van der Waals surface area (Å²) in [6.07, 6.45) is 1.72. The van der Waals surface area contributed by atoms with E-state index in [2.05, 4.69) is 49.3 Å². The van der Waals surface area contributed by atoms with Crippen molar-refractivity contribution in [1.29, 1.82) is 0 Å². The average Bonchev–Trinajstić information content (AvgIpc) is 3.26. The number of thioether (sulfide) groups is 1. The summed E-state index contributed by atoms with van der Waals surface area (Å²) in [5.41, 5.74) is 0.222. The first-order chi connectivity index (χ1) is 12.1. The van der Waals surface area contributed by atoms with Gasteiger partial charge in [-0.05, 0) is 62.9 Å². The van der Waals surface area contributed by atoms with E-state index in [1.54, 1.807) is 11.8 Å². The minimum Gasteiger partial charge on any atom is -0.338 e. The Morgan fingerprint density at radius 2 is 2.08 bits per heavy atom. The number of nitrogens with zero attached hydrogens (tertiary/aromatic N) is 3. The maximum absolute atomic E-state index is 13.0. The highest BCUT2D eigenvalue weighted by Crippen LogP contribution is 2.49. The molecule has 1 aromatic carbocycles. The number of rotatable bonds is 1. The van der Waals surface area contributed by atoms with Gasteiger partial charge in [-0.1, -0.05) is 30.0 Å². The number of halogens is 2. The molecule has 5 nitrogen and oxygen atoms in total. The third kappa shape index (κ3) is 2.20. The molecule has 1 aromatic heterocycles. The maximum Gasteiger partial charge on any atom is 0.272 e. The quantitative estimate of drug-likeness (QED) is 0.663. The highest BCUT2D eigenvalue weighted by Gasteiger charge is 2.58. The van der Waals surface area contributed by atoms with Gasteiger partial charge in [0.2, 0.25) is 0 Å². The third-order valence-corrected chi connectivity index (χ3v) is 7.86. The standard InChI is InChI=1S/C17H14Br2N4OS/c18-11-9-12-14(24)22-8-4-7-17(22)15(23(12)13(11)19)20-16(21-17)25-10-5-2-1-3-6-10/h1-3,5-6,9,15H,4,7-8H2,(H,20,21)/t15-,17-/m0/s1. The molecule has 1 saturated heterocycles. The van der Waals surface area contributed by atoms with Gasteiger partial charge >= 0.3 is 0 Å². The van der Waals surface area contributed by atoms with E-state index in [1.807, 2.05) is 33.7 Å². The fourth-order valence-electron chi connectivity index (χ4n) is 3.96. The smallest absolute Gasteiger partial charge is 0.272 e. The zero-order valence-corrected chi connectivity index (χ0v) is 17.1. The Balaban J connectivity index is 1.61. The van der Waals surface area contributed by atoms with Gasteiger partial charge in [0, 0.05) is 11.4 Å².